The number of anilines is 2. The van der Waals surface area contributed by atoms with Crippen LogP contribution in [0, 0.1) is 19.7 Å². The molecule has 2 aromatic carbocycles. The molecule has 4 aromatic rings. The summed E-state index contributed by atoms with van der Waals surface area (Å²) in [5, 5.41) is 5.40. The highest BCUT2D eigenvalue weighted by atomic mass is 19.1. The van der Waals surface area contributed by atoms with Gasteiger partial charge in [0.1, 0.15) is 11.3 Å². The lowest BCUT2D eigenvalue weighted by Gasteiger charge is -2.10. The van der Waals surface area contributed by atoms with Crippen LogP contribution in [0.3, 0.4) is 0 Å². The molecular formula is C22H17FN4O3. The molecule has 0 saturated heterocycles. The van der Waals surface area contributed by atoms with Gasteiger partial charge in [0, 0.05) is 17.4 Å². The van der Waals surface area contributed by atoms with Crippen LogP contribution in [0.5, 0.6) is 0 Å². The second-order valence-electron chi connectivity index (χ2n) is 6.68. The van der Waals surface area contributed by atoms with Crippen LogP contribution in [0.1, 0.15) is 32.3 Å². The topological polar surface area (TPSA) is 97.1 Å². The molecule has 2 amide bonds. The van der Waals surface area contributed by atoms with Gasteiger partial charge in [-0.3, -0.25) is 9.59 Å². The van der Waals surface area contributed by atoms with Crippen LogP contribution in [0.15, 0.2) is 59.2 Å². The van der Waals surface area contributed by atoms with Gasteiger partial charge in [-0.2, -0.15) is 0 Å². The van der Waals surface area contributed by atoms with E-state index in [4.69, 9.17) is 4.42 Å². The van der Waals surface area contributed by atoms with E-state index < -0.39 is 11.7 Å². The SMILES string of the molecule is Cc1nc2cc(F)cc(C(=O)Nc3ccc(NC(=O)c4ccco4)cc3)c2nc1C. The molecule has 0 aliphatic heterocycles. The Morgan fingerprint density at radius 3 is 2.17 bits per heavy atom. The van der Waals surface area contributed by atoms with Crippen LogP contribution in [-0.2, 0) is 0 Å². The summed E-state index contributed by atoms with van der Waals surface area (Å²) in [7, 11) is 0. The van der Waals surface area contributed by atoms with E-state index in [0.717, 1.165) is 6.07 Å². The van der Waals surface area contributed by atoms with E-state index in [1.807, 2.05) is 0 Å². The van der Waals surface area contributed by atoms with Gasteiger partial charge in [0.2, 0.25) is 0 Å². The van der Waals surface area contributed by atoms with E-state index in [-0.39, 0.29) is 17.2 Å². The third-order valence-corrected chi connectivity index (χ3v) is 4.54. The van der Waals surface area contributed by atoms with Crippen LogP contribution >= 0.6 is 0 Å². The van der Waals surface area contributed by atoms with Crippen LogP contribution in [0.25, 0.3) is 11.0 Å². The minimum Gasteiger partial charge on any atom is -0.459 e. The minimum absolute atomic E-state index is 0.0933. The van der Waals surface area contributed by atoms with Crippen molar-refractivity contribution in [2.45, 2.75) is 13.8 Å². The van der Waals surface area contributed by atoms with Crippen LogP contribution < -0.4 is 10.6 Å². The maximum atomic E-state index is 14.0. The Hall–Kier alpha value is -4.07. The molecule has 0 aliphatic carbocycles. The molecule has 4 rings (SSSR count). The highest BCUT2D eigenvalue weighted by Crippen LogP contribution is 2.21. The summed E-state index contributed by atoms with van der Waals surface area (Å²) in [6.45, 7) is 3.56. The van der Waals surface area contributed by atoms with E-state index >= 15 is 0 Å². The molecule has 7 nitrogen and oxygen atoms in total. The molecule has 150 valence electrons. The number of furan rings is 1. The van der Waals surface area contributed by atoms with Crippen molar-refractivity contribution in [2.75, 3.05) is 10.6 Å². The average Bonchev–Trinajstić information content (AvgIpc) is 3.25. The molecule has 0 fully saturated rings. The molecule has 30 heavy (non-hydrogen) atoms. The zero-order chi connectivity index (χ0) is 21.3. The van der Waals surface area contributed by atoms with Crippen molar-refractivity contribution < 1.29 is 18.4 Å². The van der Waals surface area contributed by atoms with Gasteiger partial charge in [0.15, 0.2) is 5.76 Å². The summed E-state index contributed by atoms with van der Waals surface area (Å²) in [4.78, 5) is 33.5. The number of fused-ring (bicyclic) bond motifs is 1. The van der Waals surface area contributed by atoms with Crippen molar-refractivity contribution in [2.24, 2.45) is 0 Å². The molecule has 0 spiro atoms. The molecule has 8 heteroatoms. The van der Waals surface area contributed by atoms with Crippen LogP contribution in [0.4, 0.5) is 15.8 Å². The molecule has 0 aliphatic rings. The first-order valence-corrected chi connectivity index (χ1v) is 9.11. The lowest BCUT2D eigenvalue weighted by Crippen LogP contribution is -2.14. The fourth-order valence-electron chi connectivity index (χ4n) is 2.91. The number of hydrogen-bond acceptors (Lipinski definition) is 5. The molecule has 0 radical (unpaired) electrons. The third kappa shape index (κ3) is 3.88. The summed E-state index contributed by atoms with van der Waals surface area (Å²) in [6, 6.07) is 12.1. The summed E-state index contributed by atoms with van der Waals surface area (Å²) in [5.74, 6) is -1.27. The first kappa shape index (κ1) is 19.3. The molecule has 0 bridgehead atoms. The Bertz CT molecular complexity index is 1250. The number of halogens is 1. The van der Waals surface area contributed by atoms with Gasteiger partial charge in [0.05, 0.1) is 28.7 Å². The van der Waals surface area contributed by atoms with E-state index in [1.165, 1.54) is 12.3 Å². The summed E-state index contributed by atoms with van der Waals surface area (Å²) < 4.78 is 19.1. The Kier molecular flexibility index (Phi) is 4.97. The zero-order valence-electron chi connectivity index (χ0n) is 16.2. The fraction of sp³-hybridized carbons (Fsp3) is 0.0909. The predicted molar refractivity (Wildman–Crippen MR) is 110 cm³/mol. The number of benzene rings is 2. The molecule has 0 unspecified atom stereocenters. The molecule has 2 aromatic heterocycles. The number of hydrogen-bond donors (Lipinski definition) is 2. The maximum absolute atomic E-state index is 14.0. The van der Waals surface area contributed by atoms with Crippen LogP contribution in [-0.4, -0.2) is 21.8 Å². The number of carbonyl (C=O) groups is 2. The average molecular weight is 404 g/mol. The summed E-state index contributed by atoms with van der Waals surface area (Å²) in [6.07, 6.45) is 1.41. The quantitative estimate of drug-likeness (QED) is 0.523. The van der Waals surface area contributed by atoms with E-state index in [2.05, 4.69) is 20.6 Å². The number of nitrogens with zero attached hydrogens (tertiary/aromatic N) is 2. The Balaban J connectivity index is 1.54. The maximum Gasteiger partial charge on any atom is 0.291 e. The molecular weight excluding hydrogens is 387 g/mol. The second kappa shape index (κ2) is 7.75. The Morgan fingerprint density at radius 1 is 0.900 bits per heavy atom. The lowest BCUT2D eigenvalue weighted by atomic mass is 10.1. The number of nitrogens with one attached hydrogen (secondary N) is 2. The van der Waals surface area contributed by atoms with Crippen molar-refractivity contribution in [3.05, 3.63) is 83.3 Å². The predicted octanol–water partition coefficient (Wildman–Crippen LogP) is 4.48. The van der Waals surface area contributed by atoms with Gasteiger partial charge in [-0.1, -0.05) is 0 Å². The van der Waals surface area contributed by atoms with E-state index in [1.54, 1.807) is 50.2 Å². The van der Waals surface area contributed by atoms with Gasteiger partial charge in [-0.25, -0.2) is 14.4 Å². The highest BCUT2D eigenvalue weighted by Gasteiger charge is 2.16. The number of rotatable bonds is 4. The molecule has 0 atom stereocenters. The fourth-order valence-corrected chi connectivity index (χ4v) is 2.91. The van der Waals surface area contributed by atoms with Gasteiger partial charge in [-0.15, -0.1) is 0 Å². The third-order valence-electron chi connectivity index (χ3n) is 4.54. The van der Waals surface area contributed by atoms with Crippen LogP contribution in [0.2, 0.25) is 0 Å². The van der Waals surface area contributed by atoms with Crippen molar-refractivity contribution in [1.29, 1.82) is 0 Å². The molecule has 0 saturated carbocycles. The summed E-state index contributed by atoms with van der Waals surface area (Å²) >= 11 is 0. The van der Waals surface area contributed by atoms with E-state index in [0.29, 0.717) is 33.8 Å². The Morgan fingerprint density at radius 2 is 1.53 bits per heavy atom. The second-order valence-corrected chi connectivity index (χ2v) is 6.68. The largest absolute Gasteiger partial charge is 0.459 e. The lowest BCUT2D eigenvalue weighted by molar-refractivity contribution is 0.0994. The van der Waals surface area contributed by atoms with Gasteiger partial charge < -0.3 is 15.1 Å². The van der Waals surface area contributed by atoms with E-state index in [9.17, 15) is 14.0 Å². The van der Waals surface area contributed by atoms with Gasteiger partial charge in [-0.05, 0) is 56.3 Å². The van der Waals surface area contributed by atoms with Gasteiger partial charge >= 0.3 is 0 Å². The Labute approximate surface area is 171 Å². The monoisotopic (exact) mass is 404 g/mol. The standard InChI is InChI=1S/C22H17FN4O3/c1-12-13(2)25-20-17(10-14(23)11-18(20)24-12)21(28)26-15-5-7-16(8-6-15)27-22(29)19-4-3-9-30-19/h3-11H,1-2H3,(H,26,28)(H,27,29). The number of aryl methyl sites for hydroxylation is 2. The van der Waals surface area contributed by atoms with Gasteiger partial charge in [0.25, 0.3) is 11.8 Å². The van der Waals surface area contributed by atoms with Crippen molar-refractivity contribution in [3.8, 4) is 0 Å². The van der Waals surface area contributed by atoms with Crippen molar-refractivity contribution in [3.63, 3.8) is 0 Å². The smallest absolute Gasteiger partial charge is 0.291 e. The van der Waals surface area contributed by atoms with Crippen molar-refractivity contribution >= 4 is 34.2 Å². The normalized spacial score (nSPS) is 10.8. The number of carbonyl (C=O) groups excluding carboxylic acids is 2. The number of aromatic nitrogens is 2. The molecule has 2 heterocycles. The first-order chi connectivity index (χ1) is 14.4. The number of amides is 2. The summed E-state index contributed by atoms with van der Waals surface area (Å²) in [5.41, 5.74) is 3.09. The zero-order valence-corrected chi connectivity index (χ0v) is 16.2. The first-order valence-electron chi connectivity index (χ1n) is 9.11. The molecule has 2 N–H and O–H groups in total. The van der Waals surface area contributed by atoms with Crippen molar-refractivity contribution in [1.82, 2.24) is 9.97 Å². The highest BCUT2D eigenvalue weighted by molar-refractivity contribution is 6.11. The minimum atomic E-state index is -0.568.